The number of ketones is 1. The molecule has 2 aromatic rings. The van der Waals surface area contributed by atoms with Crippen molar-refractivity contribution in [3.63, 3.8) is 0 Å². The van der Waals surface area contributed by atoms with E-state index in [1.54, 1.807) is 6.92 Å². The Morgan fingerprint density at radius 2 is 1.69 bits per heavy atom. The van der Waals surface area contributed by atoms with Crippen molar-refractivity contribution in [2.75, 3.05) is 13.1 Å². The largest absolute Gasteiger partial charge is 0.426 e. The maximum Gasteiger partial charge on any atom is 0.314 e. The lowest BCUT2D eigenvalue weighted by molar-refractivity contribution is -0.140. The Morgan fingerprint density at radius 1 is 1.03 bits per heavy atom. The molecule has 0 radical (unpaired) electrons. The van der Waals surface area contributed by atoms with Crippen LogP contribution in [0.1, 0.15) is 48.0 Å². The minimum absolute atomic E-state index is 0.0117. The quantitative estimate of drug-likeness (QED) is 0.505. The average molecular weight is 467 g/mol. The number of carbonyl (C=O) groups is 2. The summed E-state index contributed by atoms with van der Waals surface area (Å²) >= 11 is 0. The molecule has 0 aromatic heterocycles. The van der Waals surface area contributed by atoms with E-state index in [1.807, 2.05) is 0 Å². The topological polar surface area (TPSA) is 80.8 Å². The van der Waals surface area contributed by atoms with Crippen LogP contribution in [0.15, 0.2) is 35.2 Å². The minimum atomic E-state index is -4.05. The standard InChI is InChI=1S/C22H20F3NO5S/c1-12-10-18(27)21-19(5-4-16(24)20(12)21)31-22(28)13-6-8-26(9-7-13)32(29,30)14-2-3-15(23)17(25)11-14/h2-5,11-13H,6-10H2,1H3. The number of hydrogen-bond donors (Lipinski definition) is 0. The summed E-state index contributed by atoms with van der Waals surface area (Å²) in [6, 6.07) is 4.77. The molecule has 1 heterocycles. The van der Waals surface area contributed by atoms with Crippen molar-refractivity contribution in [1.82, 2.24) is 4.31 Å². The van der Waals surface area contributed by atoms with E-state index in [9.17, 15) is 31.2 Å². The van der Waals surface area contributed by atoms with Gasteiger partial charge in [-0.05, 0) is 49.1 Å². The number of esters is 1. The molecule has 0 spiro atoms. The SMILES string of the molecule is CC1CC(=O)c2c(OC(=O)C3CCN(S(=O)(=O)c4ccc(F)c(F)c4)CC3)ccc(F)c21. The third-order valence-electron chi connectivity index (χ3n) is 5.94. The van der Waals surface area contributed by atoms with Gasteiger partial charge in [-0.3, -0.25) is 9.59 Å². The maximum absolute atomic E-state index is 14.1. The molecule has 170 valence electrons. The van der Waals surface area contributed by atoms with Crippen LogP contribution in [-0.4, -0.2) is 37.6 Å². The predicted molar refractivity (Wildman–Crippen MR) is 107 cm³/mol. The van der Waals surface area contributed by atoms with Crippen LogP contribution in [-0.2, 0) is 14.8 Å². The summed E-state index contributed by atoms with van der Waals surface area (Å²) in [5.41, 5.74) is 0.331. The first-order valence-corrected chi connectivity index (χ1v) is 11.6. The molecule has 2 aromatic carbocycles. The minimum Gasteiger partial charge on any atom is -0.426 e. The van der Waals surface area contributed by atoms with Crippen LogP contribution in [0.25, 0.3) is 0 Å². The zero-order chi connectivity index (χ0) is 23.2. The van der Waals surface area contributed by atoms with E-state index in [0.29, 0.717) is 6.07 Å². The molecule has 1 unspecified atom stereocenters. The molecule has 10 heteroatoms. The van der Waals surface area contributed by atoms with Gasteiger partial charge in [0.25, 0.3) is 0 Å². The Morgan fingerprint density at radius 3 is 2.34 bits per heavy atom. The number of carbonyl (C=O) groups excluding carboxylic acids is 2. The highest BCUT2D eigenvalue weighted by Crippen LogP contribution is 2.40. The van der Waals surface area contributed by atoms with Gasteiger partial charge in [0.1, 0.15) is 11.6 Å². The summed E-state index contributed by atoms with van der Waals surface area (Å²) in [4.78, 5) is 24.6. The number of Topliss-reactive ketones (excluding diaryl/α,β-unsaturated/α-hetero) is 1. The Kier molecular flexibility index (Phi) is 5.85. The zero-order valence-electron chi connectivity index (χ0n) is 17.1. The first-order valence-electron chi connectivity index (χ1n) is 10.1. The third kappa shape index (κ3) is 3.93. The van der Waals surface area contributed by atoms with Gasteiger partial charge in [0.2, 0.25) is 10.0 Å². The summed E-state index contributed by atoms with van der Waals surface area (Å²) in [6.07, 6.45) is 0.437. The molecular weight excluding hydrogens is 447 g/mol. The molecule has 1 aliphatic carbocycles. The fraction of sp³-hybridized carbons (Fsp3) is 0.364. The maximum atomic E-state index is 14.1. The van der Waals surface area contributed by atoms with E-state index in [-0.39, 0.29) is 65.8 Å². The van der Waals surface area contributed by atoms with Crippen LogP contribution < -0.4 is 4.74 Å². The summed E-state index contributed by atoms with van der Waals surface area (Å²) in [6.45, 7) is 1.69. The van der Waals surface area contributed by atoms with Crippen LogP contribution >= 0.6 is 0 Å². The summed E-state index contributed by atoms with van der Waals surface area (Å²) in [5, 5.41) is 0. The van der Waals surface area contributed by atoms with Gasteiger partial charge in [0.05, 0.1) is 16.4 Å². The second-order valence-electron chi connectivity index (χ2n) is 8.04. The summed E-state index contributed by atoms with van der Waals surface area (Å²) < 4.78 is 72.6. The van der Waals surface area contributed by atoms with E-state index >= 15 is 0 Å². The lowest BCUT2D eigenvalue weighted by Gasteiger charge is -2.30. The van der Waals surface area contributed by atoms with Crippen LogP contribution in [0.2, 0.25) is 0 Å². The average Bonchev–Trinajstić information content (AvgIpc) is 3.07. The molecule has 4 rings (SSSR count). The first-order chi connectivity index (χ1) is 15.1. The van der Waals surface area contributed by atoms with Crippen LogP contribution in [0.3, 0.4) is 0 Å². The lowest BCUT2D eigenvalue weighted by atomic mass is 9.98. The van der Waals surface area contributed by atoms with E-state index < -0.39 is 39.4 Å². The fourth-order valence-corrected chi connectivity index (χ4v) is 5.70. The van der Waals surface area contributed by atoms with E-state index in [1.165, 1.54) is 6.07 Å². The molecule has 2 aliphatic rings. The Balaban J connectivity index is 1.45. The van der Waals surface area contributed by atoms with E-state index in [2.05, 4.69) is 0 Å². The number of hydrogen-bond acceptors (Lipinski definition) is 5. The van der Waals surface area contributed by atoms with Crippen molar-refractivity contribution in [3.8, 4) is 5.75 Å². The van der Waals surface area contributed by atoms with Crippen molar-refractivity contribution in [1.29, 1.82) is 0 Å². The number of piperidine rings is 1. The molecule has 0 amide bonds. The molecule has 32 heavy (non-hydrogen) atoms. The predicted octanol–water partition coefficient (Wildman–Crippen LogP) is 3.80. The summed E-state index contributed by atoms with van der Waals surface area (Å²) in [7, 11) is -4.05. The normalized spacial score (nSPS) is 19.8. The highest BCUT2D eigenvalue weighted by Gasteiger charge is 2.36. The summed E-state index contributed by atoms with van der Waals surface area (Å²) in [5.74, 6) is -4.77. The molecule has 0 N–H and O–H groups in total. The van der Waals surface area contributed by atoms with E-state index in [0.717, 1.165) is 22.5 Å². The number of benzene rings is 2. The number of sulfonamides is 1. The molecule has 1 fully saturated rings. The van der Waals surface area contributed by atoms with Crippen LogP contribution in [0.5, 0.6) is 5.75 Å². The molecular formula is C22H20F3NO5S. The molecule has 1 aliphatic heterocycles. The van der Waals surface area contributed by atoms with Gasteiger partial charge in [-0.1, -0.05) is 6.92 Å². The Bertz CT molecular complexity index is 1210. The first kappa shape index (κ1) is 22.5. The Labute approximate surface area is 183 Å². The highest BCUT2D eigenvalue weighted by molar-refractivity contribution is 7.89. The molecule has 1 saturated heterocycles. The van der Waals surface area contributed by atoms with Gasteiger partial charge in [0.15, 0.2) is 17.4 Å². The van der Waals surface area contributed by atoms with Gasteiger partial charge in [-0.15, -0.1) is 0 Å². The highest BCUT2D eigenvalue weighted by atomic mass is 32.2. The molecule has 6 nitrogen and oxygen atoms in total. The molecule has 0 bridgehead atoms. The van der Waals surface area contributed by atoms with Crippen LogP contribution in [0.4, 0.5) is 13.2 Å². The zero-order valence-corrected chi connectivity index (χ0v) is 17.9. The van der Waals surface area contributed by atoms with Gasteiger partial charge < -0.3 is 4.74 Å². The second-order valence-corrected chi connectivity index (χ2v) is 9.98. The van der Waals surface area contributed by atoms with Crippen molar-refractivity contribution < 1.29 is 35.9 Å². The number of halogens is 3. The number of ether oxygens (including phenoxy) is 1. The van der Waals surface area contributed by atoms with Crippen molar-refractivity contribution in [3.05, 3.63) is 58.9 Å². The number of fused-ring (bicyclic) bond motifs is 1. The third-order valence-corrected chi connectivity index (χ3v) is 7.84. The van der Waals surface area contributed by atoms with Gasteiger partial charge in [-0.25, -0.2) is 21.6 Å². The smallest absolute Gasteiger partial charge is 0.314 e. The second kappa shape index (κ2) is 8.32. The van der Waals surface area contributed by atoms with Gasteiger partial charge in [-0.2, -0.15) is 4.31 Å². The fourth-order valence-electron chi connectivity index (χ4n) is 4.22. The number of nitrogens with zero attached hydrogens (tertiary/aromatic N) is 1. The molecule has 0 saturated carbocycles. The van der Waals surface area contributed by atoms with Crippen molar-refractivity contribution in [2.45, 2.75) is 37.0 Å². The van der Waals surface area contributed by atoms with Gasteiger partial charge >= 0.3 is 5.97 Å². The lowest BCUT2D eigenvalue weighted by Crippen LogP contribution is -2.41. The monoisotopic (exact) mass is 467 g/mol. The molecule has 1 atom stereocenters. The Hall–Kier alpha value is -2.72. The van der Waals surface area contributed by atoms with Crippen molar-refractivity contribution in [2.24, 2.45) is 5.92 Å². The van der Waals surface area contributed by atoms with Gasteiger partial charge in [0, 0.05) is 25.1 Å². The number of rotatable bonds is 4. The van der Waals surface area contributed by atoms with E-state index in [4.69, 9.17) is 4.74 Å². The van der Waals surface area contributed by atoms with Crippen LogP contribution in [0, 0.1) is 23.4 Å². The van der Waals surface area contributed by atoms with Crippen molar-refractivity contribution >= 4 is 21.8 Å².